The van der Waals surface area contributed by atoms with Crippen molar-refractivity contribution in [2.45, 2.75) is 11.8 Å². The zero-order chi connectivity index (χ0) is 15.5. The van der Waals surface area contributed by atoms with Gasteiger partial charge in [0.15, 0.2) is 6.61 Å². The van der Waals surface area contributed by atoms with Gasteiger partial charge in [-0.2, -0.15) is 5.10 Å². The summed E-state index contributed by atoms with van der Waals surface area (Å²) in [5.74, 6) is -0.864. The molecule has 0 aliphatic rings. The Morgan fingerprint density at radius 3 is 2.86 bits per heavy atom. The van der Waals surface area contributed by atoms with Gasteiger partial charge in [0.1, 0.15) is 10.6 Å². The van der Waals surface area contributed by atoms with Gasteiger partial charge in [-0.05, 0) is 19.1 Å². The molecule has 1 aromatic heterocycles. The highest BCUT2D eigenvalue weighted by molar-refractivity contribution is 7.92. The van der Waals surface area contributed by atoms with Gasteiger partial charge in [0, 0.05) is 6.07 Å². The molecule has 0 saturated heterocycles. The average molecular weight is 311 g/mol. The Morgan fingerprint density at radius 1 is 1.48 bits per heavy atom. The van der Waals surface area contributed by atoms with Crippen LogP contribution in [-0.2, 0) is 14.8 Å². The zero-order valence-corrected chi connectivity index (χ0v) is 11.8. The van der Waals surface area contributed by atoms with Crippen LogP contribution >= 0.6 is 0 Å². The number of benzene rings is 1. The van der Waals surface area contributed by atoms with Crippen molar-refractivity contribution in [1.29, 1.82) is 0 Å². The van der Waals surface area contributed by atoms with Crippen LogP contribution < -0.4 is 9.46 Å². The van der Waals surface area contributed by atoms with Gasteiger partial charge < -0.3 is 9.84 Å². The van der Waals surface area contributed by atoms with Crippen molar-refractivity contribution in [2.24, 2.45) is 0 Å². The van der Waals surface area contributed by atoms with Crippen LogP contribution in [0, 0.1) is 6.92 Å². The number of aromatic amines is 1. The maximum absolute atomic E-state index is 12.2. The predicted octanol–water partition coefficient (Wildman–Crippen LogP) is 0.982. The SMILES string of the molecule is Cc1[nH]ncc1S(=O)(=O)Nc1cccc(OCC(=O)O)c1. The summed E-state index contributed by atoms with van der Waals surface area (Å²) in [6.07, 6.45) is 1.21. The third-order valence-electron chi connectivity index (χ3n) is 2.52. The van der Waals surface area contributed by atoms with Gasteiger partial charge in [-0.1, -0.05) is 6.07 Å². The third-order valence-corrected chi connectivity index (χ3v) is 4.02. The fourth-order valence-electron chi connectivity index (χ4n) is 1.62. The minimum atomic E-state index is -3.76. The molecule has 0 atom stereocenters. The minimum absolute atomic E-state index is 0.0411. The second-order valence-corrected chi connectivity index (χ2v) is 5.83. The van der Waals surface area contributed by atoms with Gasteiger partial charge in [0.2, 0.25) is 0 Å². The molecule has 1 heterocycles. The zero-order valence-electron chi connectivity index (χ0n) is 11.0. The molecule has 3 N–H and O–H groups in total. The average Bonchev–Trinajstić information content (AvgIpc) is 2.83. The first kappa shape index (κ1) is 14.9. The Hall–Kier alpha value is -2.55. The smallest absolute Gasteiger partial charge is 0.341 e. The molecule has 0 spiro atoms. The predicted molar refractivity (Wildman–Crippen MR) is 73.7 cm³/mol. The molecule has 8 nitrogen and oxygen atoms in total. The van der Waals surface area contributed by atoms with E-state index < -0.39 is 22.6 Å². The molecule has 0 amide bonds. The van der Waals surface area contributed by atoms with Crippen molar-refractivity contribution in [3.05, 3.63) is 36.2 Å². The summed E-state index contributed by atoms with van der Waals surface area (Å²) in [6.45, 7) is 1.09. The number of aliphatic carboxylic acids is 1. The maximum Gasteiger partial charge on any atom is 0.341 e. The van der Waals surface area contributed by atoms with Crippen molar-refractivity contribution >= 4 is 21.7 Å². The molecule has 1 aromatic carbocycles. The fraction of sp³-hybridized carbons (Fsp3) is 0.167. The summed E-state index contributed by atoms with van der Waals surface area (Å²) in [5.41, 5.74) is 0.680. The molecular weight excluding hydrogens is 298 g/mol. The van der Waals surface area contributed by atoms with Crippen molar-refractivity contribution in [1.82, 2.24) is 10.2 Å². The minimum Gasteiger partial charge on any atom is -0.482 e. The molecule has 9 heteroatoms. The number of aromatic nitrogens is 2. The van der Waals surface area contributed by atoms with Crippen LogP contribution in [0.3, 0.4) is 0 Å². The molecule has 21 heavy (non-hydrogen) atoms. The van der Waals surface area contributed by atoms with Crippen molar-refractivity contribution < 1.29 is 23.1 Å². The van der Waals surface area contributed by atoms with Crippen LogP contribution in [0.2, 0.25) is 0 Å². The van der Waals surface area contributed by atoms with Crippen LogP contribution in [0.25, 0.3) is 0 Å². The first-order valence-electron chi connectivity index (χ1n) is 5.86. The summed E-state index contributed by atoms with van der Waals surface area (Å²) < 4.78 is 31.7. The number of carboxylic acid groups (broad SMARTS) is 1. The molecule has 0 bridgehead atoms. The quantitative estimate of drug-likeness (QED) is 0.731. The Morgan fingerprint density at radius 2 is 2.24 bits per heavy atom. The van der Waals surface area contributed by atoms with Crippen molar-refractivity contribution in [3.63, 3.8) is 0 Å². The highest BCUT2D eigenvalue weighted by Crippen LogP contribution is 2.21. The van der Waals surface area contributed by atoms with Crippen LogP contribution in [0.1, 0.15) is 5.69 Å². The highest BCUT2D eigenvalue weighted by atomic mass is 32.2. The van der Waals surface area contributed by atoms with Crippen LogP contribution in [0.5, 0.6) is 5.75 Å². The van der Waals surface area contributed by atoms with Crippen molar-refractivity contribution in [2.75, 3.05) is 11.3 Å². The standard InChI is InChI=1S/C12H13N3O5S/c1-8-11(6-13-14-8)21(18,19)15-9-3-2-4-10(5-9)20-7-12(16)17/h2-6,15H,7H2,1H3,(H,13,14)(H,16,17). The lowest BCUT2D eigenvalue weighted by molar-refractivity contribution is -0.139. The lowest BCUT2D eigenvalue weighted by Gasteiger charge is -2.09. The topological polar surface area (TPSA) is 121 Å². The second kappa shape index (κ2) is 5.83. The van der Waals surface area contributed by atoms with Gasteiger partial charge in [-0.3, -0.25) is 9.82 Å². The van der Waals surface area contributed by atoms with Crippen LogP contribution in [0.4, 0.5) is 5.69 Å². The number of aryl methyl sites for hydroxylation is 1. The number of nitrogens with zero attached hydrogens (tertiary/aromatic N) is 1. The number of sulfonamides is 1. The summed E-state index contributed by atoms with van der Waals surface area (Å²) in [7, 11) is -3.76. The molecular formula is C12H13N3O5S. The van der Waals surface area contributed by atoms with E-state index in [0.29, 0.717) is 5.69 Å². The van der Waals surface area contributed by atoms with Crippen molar-refractivity contribution in [3.8, 4) is 5.75 Å². The van der Waals surface area contributed by atoms with E-state index in [1.54, 1.807) is 13.0 Å². The molecule has 0 unspecified atom stereocenters. The van der Waals surface area contributed by atoms with E-state index in [1.165, 1.54) is 24.4 Å². The van der Waals surface area contributed by atoms with Gasteiger partial charge in [0.25, 0.3) is 10.0 Å². The number of H-pyrrole nitrogens is 1. The van der Waals surface area contributed by atoms with E-state index in [2.05, 4.69) is 14.9 Å². The largest absolute Gasteiger partial charge is 0.482 e. The van der Waals surface area contributed by atoms with E-state index in [9.17, 15) is 13.2 Å². The first-order chi connectivity index (χ1) is 9.88. The second-order valence-electron chi connectivity index (χ2n) is 4.17. The van der Waals surface area contributed by atoms with Crippen LogP contribution in [0.15, 0.2) is 35.4 Å². The molecule has 2 aromatic rings. The molecule has 0 radical (unpaired) electrons. The molecule has 112 valence electrons. The van der Waals surface area contributed by atoms with E-state index in [0.717, 1.165) is 0 Å². The monoisotopic (exact) mass is 311 g/mol. The number of nitrogens with one attached hydrogen (secondary N) is 2. The summed E-state index contributed by atoms with van der Waals surface area (Å²) in [5, 5.41) is 14.7. The highest BCUT2D eigenvalue weighted by Gasteiger charge is 2.18. The normalized spacial score (nSPS) is 11.1. The Kier molecular flexibility index (Phi) is 4.13. The van der Waals surface area contributed by atoms with E-state index in [4.69, 9.17) is 9.84 Å². The number of rotatable bonds is 6. The van der Waals surface area contributed by atoms with Crippen LogP contribution in [-0.4, -0.2) is 36.3 Å². The lowest BCUT2D eigenvalue weighted by Crippen LogP contribution is -2.14. The summed E-state index contributed by atoms with van der Waals surface area (Å²) in [6, 6.07) is 6.01. The summed E-state index contributed by atoms with van der Waals surface area (Å²) in [4.78, 5) is 10.5. The number of carboxylic acids is 1. The maximum atomic E-state index is 12.2. The number of hydrogen-bond donors (Lipinski definition) is 3. The van der Waals surface area contributed by atoms with Gasteiger partial charge >= 0.3 is 5.97 Å². The fourth-order valence-corrected chi connectivity index (χ4v) is 2.80. The lowest BCUT2D eigenvalue weighted by atomic mass is 10.3. The van der Waals surface area contributed by atoms with Gasteiger partial charge in [-0.15, -0.1) is 0 Å². The number of carbonyl (C=O) groups is 1. The number of hydrogen-bond acceptors (Lipinski definition) is 5. The molecule has 0 saturated carbocycles. The number of anilines is 1. The molecule has 0 aliphatic carbocycles. The Balaban J connectivity index is 2.18. The van der Waals surface area contributed by atoms with E-state index in [-0.39, 0.29) is 16.3 Å². The third kappa shape index (κ3) is 3.72. The van der Waals surface area contributed by atoms with E-state index >= 15 is 0 Å². The molecule has 2 rings (SSSR count). The molecule has 0 aliphatic heterocycles. The first-order valence-corrected chi connectivity index (χ1v) is 7.34. The number of ether oxygens (including phenoxy) is 1. The van der Waals surface area contributed by atoms with Gasteiger partial charge in [-0.25, -0.2) is 13.2 Å². The van der Waals surface area contributed by atoms with E-state index in [1.807, 2.05) is 0 Å². The summed E-state index contributed by atoms with van der Waals surface area (Å²) >= 11 is 0. The Bertz CT molecular complexity index is 754. The van der Waals surface area contributed by atoms with Gasteiger partial charge in [0.05, 0.1) is 17.6 Å². The Labute approximate surface area is 120 Å². The molecule has 0 fully saturated rings.